The van der Waals surface area contributed by atoms with Gasteiger partial charge >= 0.3 is 0 Å². The zero-order valence-electron chi connectivity index (χ0n) is 13.0. The average molecular weight is 296 g/mol. The highest BCUT2D eigenvalue weighted by atomic mass is 19.1. The van der Waals surface area contributed by atoms with Crippen molar-refractivity contribution >= 4 is 5.69 Å². The predicted octanol–water partition coefficient (Wildman–Crippen LogP) is 2.08. The number of nitrogens with one attached hydrogen (secondary N) is 1. The van der Waals surface area contributed by atoms with E-state index in [0.717, 1.165) is 12.1 Å². The summed E-state index contributed by atoms with van der Waals surface area (Å²) in [4.78, 5) is 1.97. The van der Waals surface area contributed by atoms with Crippen molar-refractivity contribution in [1.82, 2.24) is 5.32 Å². The third-order valence-electron chi connectivity index (χ3n) is 4.00. The lowest BCUT2D eigenvalue weighted by molar-refractivity contribution is -0.0105. The number of benzene rings is 1. The first-order valence-electron chi connectivity index (χ1n) is 7.58. The number of hydrogen-bond acceptors (Lipinski definition) is 4. The second-order valence-corrected chi connectivity index (χ2v) is 5.63. The van der Waals surface area contributed by atoms with Gasteiger partial charge in [0, 0.05) is 18.6 Å². The molecule has 0 radical (unpaired) electrons. The molecule has 2 rings (SSSR count). The molecule has 21 heavy (non-hydrogen) atoms. The molecular weight excluding hydrogens is 271 g/mol. The molecule has 0 bridgehead atoms. The van der Waals surface area contributed by atoms with Gasteiger partial charge in [0.1, 0.15) is 5.82 Å². The van der Waals surface area contributed by atoms with Gasteiger partial charge < -0.3 is 20.1 Å². The molecule has 0 aromatic heterocycles. The zero-order valence-corrected chi connectivity index (χ0v) is 13.0. The van der Waals surface area contributed by atoms with Gasteiger partial charge in [-0.3, -0.25) is 0 Å². The molecule has 2 N–H and O–H groups in total. The van der Waals surface area contributed by atoms with Crippen LogP contribution >= 0.6 is 0 Å². The molecule has 1 aromatic rings. The summed E-state index contributed by atoms with van der Waals surface area (Å²) in [5.74, 6) is -0.220. The topological polar surface area (TPSA) is 44.7 Å². The fourth-order valence-electron chi connectivity index (χ4n) is 2.71. The largest absolute Gasteiger partial charge is 0.394 e. The number of ether oxygens (including phenoxy) is 1. The summed E-state index contributed by atoms with van der Waals surface area (Å²) < 4.78 is 20.0. The Morgan fingerprint density at radius 1 is 1.52 bits per heavy atom. The number of nitrogens with zero attached hydrogens (tertiary/aromatic N) is 1. The van der Waals surface area contributed by atoms with Crippen LogP contribution in [0.5, 0.6) is 0 Å². The standard InChI is InChI=1S/C16H25FN2O2/c1-4-18-12(3)13-5-6-16(15(17)7-13)19-8-14(9-20)21-10-11(19)2/h5-7,11-12,14,18,20H,4,8-10H2,1-3H3. The Kier molecular flexibility index (Phi) is 5.56. The maximum absolute atomic E-state index is 14.5. The van der Waals surface area contributed by atoms with Crippen molar-refractivity contribution in [3.05, 3.63) is 29.6 Å². The second-order valence-electron chi connectivity index (χ2n) is 5.63. The summed E-state index contributed by atoms with van der Waals surface area (Å²) in [5, 5.41) is 12.5. The number of aliphatic hydroxyl groups excluding tert-OH is 1. The minimum atomic E-state index is -0.249. The van der Waals surface area contributed by atoms with Gasteiger partial charge in [-0.2, -0.15) is 0 Å². The fraction of sp³-hybridized carbons (Fsp3) is 0.625. The van der Waals surface area contributed by atoms with Gasteiger partial charge in [-0.25, -0.2) is 4.39 Å². The van der Waals surface area contributed by atoms with Crippen LogP contribution in [0.2, 0.25) is 0 Å². The lowest BCUT2D eigenvalue weighted by Crippen LogP contribution is -2.50. The number of aliphatic hydroxyl groups is 1. The number of rotatable bonds is 5. The predicted molar refractivity (Wildman–Crippen MR) is 82.1 cm³/mol. The van der Waals surface area contributed by atoms with E-state index in [1.165, 1.54) is 0 Å². The molecule has 118 valence electrons. The first-order valence-corrected chi connectivity index (χ1v) is 7.58. The van der Waals surface area contributed by atoms with Crippen LogP contribution in [-0.4, -0.2) is 43.6 Å². The van der Waals surface area contributed by atoms with Crippen molar-refractivity contribution in [2.75, 3.05) is 31.2 Å². The van der Waals surface area contributed by atoms with Gasteiger partial charge in [0.05, 0.1) is 25.0 Å². The van der Waals surface area contributed by atoms with E-state index in [1.807, 2.05) is 37.8 Å². The number of halogens is 1. The highest BCUT2D eigenvalue weighted by Gasteiger charge is 2.27. The van der Waals surface area contributed by atoms with Gasteiger partial charge in [0.15, 0.2) is 0 Å². The van der Waals surface area contributed by atoms with Crippen LogP contribution in [-0.2, 0) is 4.74 Å². The van der Waals surface area contributed by atoms with Crippen molar-refractivity contribution < 1.29 is 14.2 Å². The lowest BCUT2D eigenvalue weighted by Gasteiger charge is -2.39. The Morgan fingerprint density at radius 3 is 2.90 bits per heavy atom. The van der Waals surface area contributed by atoms with E-state index in [1.54, 1.807) is 6.07 Å². The molecule has 4 nitrogen and oxygen atoms in total. The van der Waals surface area contributed by atoms with Crippen molar-refractivity contribution in [2.45, 2.75) is 39.0 Å². The van der Waals surface area contributed by atoms with Crippen LogP contribution in [0.1, 0.15) is 32.4 Å². The summed E-state index contributed by atoms with van der Waals surface area (Å²) in [5.41, 5.74) is 1.52. The van der Waals surface area contributed by atoms with Crippen molar-refractivity contribution in [2.24, 2.45) is 0 Å². The maximum atomic E-state index is 14.5. The second kappa shape index (κ2) is 7.20. The van der Waals surface area contributed by atoms with Crippen molar-refractivity contribution in [3.8, 4) is 0 Å². The molecule has 1 fully saturated rings. The third kappa shape index (κ3) is 3.73. The van der Waals surface area contributed by atoms with Crippen LogP contribution in [0.15, 0.2) is 18.2 Å². The Morgan fingerprint density at radius 2 is 2.29 bits per heavy atom. The normalized spacial score (nSPS) is 24.1. The molecule has 0 aliphatic carbocycles. The van der Waals surface area contributed by atoms with Crippen LogP contribution in [0.25, 0.3) is 0 Å². The van der Waals surface area contributed by atoms with Gasteiger partial charge in [-0.15, -0.1) is 0 Å². The maximum Gasteiger partial charge on any atom is 0.146 e. The molecule has 0 amide bonds. The molecule has 3 unspecified atom stereocenters. The van der Waals surface area contributed by atoms with Gasteiger partial charge in [-0.1, -0.05) is 13.0 Å². The first-order chi connectivity index (χ1) is 10.1. The molecular formula is C16H25FN2O2. The Labute approximate surface area is 125 Å². The summed E-state index contributed by atoms with van der Waals surface area (Å²) in [6.07, 6.45) is -0.249. The molecule has 1 aliphatic heterocycles. The average Bonchev–Trinajstić information content (AvgIpc) is 2.48. The molecule has 1 heterocycles. The van der Waals surface area contributed by atoms with Crippen molar-refractivity contribution in [3.63, 3.8) is 0 Å². The first kappa shape index (κ1) is 16.2. The third-order valence-corrected chi connectivity index (χ3v) is 4.00. The molecule has 0 saturated carbocycles. The Balaban J connectivity index is 2.19. The van der Waals surface area contributed by atoms with Crippen LogP contribution in [0.3, 0.4) is 0 Å². The Hall–Kier alpha value is -1.17. The molecule has 1 saturated heterocycles. The van der Waals surface area contributed by atoms with Gasteiger partial charge in [0.2, 0.25) is 0 Å². The fourth-order valence-corrected chi connectivity index (χ4v) is 2.71. The quantitative estimate of drug-likeness (QED) is 0.873. The molecule has 1 aromatic carbocycles. The van der Waals surface area contributed by atoms with E-state index in [9.17, 15) is 9.50 Å². The molecule has 3 atom stereocenters. The molecule has 5 heteroatoms. The van der Waals surface area contributed by atoms with Gasteiger partial charge in [0.25, 0.3) is 0 Å². The lowest BCUT2D eigenvalue weighted by atomic mass is 10.1. The van der Waals surface area contributed by atoms with E-state index >= 15 is 0 Å². The summed E-state index contributed by atoms with van der Waals surface area (Å²) in [6.45, 7) is 7.88. The Bertz CT molecular complexity index is 470. The van der Waals surface area contributed by atoms with Gasteiger partial charge in [-0.05, 0) is 38.1 Å². The van der Waals surface area contributed by atoms with E-state index in [-0.39, 0.29) is 30.6 Å². The van der Waals surface area contributed by atoms with Crippen LogP contribution < -0.4 is 10.2 Å². The van der Waals surface area contributed by atoms with E-state index in [0.29, 0.717) is 18.8 Å². The SMILES string of the molecule is CCNC(C)c1ccc(N2CC(CO)OCC2C)c(F)c1. The van der Waals surface area contributed by atoms with Crippen LogP contribution in [0.4, 0.5) is 10.1 Å². The van der Waals surface area contributed by atoms with Crippen LogP contribution in [0, 0.1) is 5.82 Å². The highest BCUT2D eigenvalue weighted by Crippen LogP contribution is 2.27. The molecule has 0 spiro atoms. The summed E-state index contributed by atoms with van der Waals surface area (Å²) in [7, 11) is 0. The molecule has 1 aliphatic rings. The zero-order chi connectivity index (χ0) is 15.4. The summed E-state index contributed by atoms with van der Waals surface area (Å²) in [6, 6.07) is 5.61. The minimum Gasteiger partial charge on any atom is -0.394 e. The minimum absolute atomic E-state index is 0.0413. The van der Waals surface area contributed by atoms with E-state index < -0.39 is 0 Å². The van der Waals surface area contributed by atoms with Crippen molar-refractivity contribution in [1.29, 1.82) is 0 Å². The highest BCUT2D eigenvalue weighted by molar-refractivity contribution is 5.51. The summed E-state index contributed by atoms with van der Waals surface area (Å²) >= 11 is 0. The van der Waals surface area contributed by atoms with E-state index in [2.05, 4.69) is 5.32 Å². The number of anilines is 1. The van der Waals surface area contributed by atoms with E-state index in [4.69, 9.17) is 4.74 Å². The smallest absolute Gasteiger partial charge is 0.146 e. The number of morpholine rings is 1. The number of hydrogen-bond donors (Lipinski definition) is 2. The monoisotopic (exact) mass is 296 g/mol.